The van der Waals surface area contributed by atoms with E-state index in [0.29, 0.717) is 17.0 Å². The van der Waals surface area contributed by atoms with Crippen LogP contribution in [0.15, 0.2) is 48.0 Å². The Labute approximate surface area is 151 Å². The summed E-state index contributed by atoms with van der Waals surface area (Å²) in [5.74, 6) is -0.650. The lowest BCUT2D eigenvalue weighted by Crippen LogP contribution is -2.54. The third-order valence-electron chi connectivity index (χ3n) is 4.19. The number of aryl methyl sites for hydroxylation is 2. The second-order valence-corrected chi connectivity index (χ2v) is 5.97. The van der Waals surface area contributed by atoms with E-state index >= 15 is 0 Å². The van der Waals surface area contributed by atoms with Gasteiger partial charge in [0.05, 0.1) is 12.8 Å². The van der Waals surface area contributed by atoms with Crippen molar-refractivity contribution in [3.63, 3.8) is 0 Å². The minimum atomic E-state index is -0.752. The van der Waals surface area contributed by atoms with Crippen molar-refractivity contribution in [1.29, 1.82) is 0 Å². The fourth-order valence-corrected chi connectivity index (χ4v) is 2.85. The summed E-state index contributed by atoms with van der Waals surface area (Å²) in [4.78, 5) is 38.3. The molecule has 1 fully saturated rings. The Morgan fingerprint density at radius 2 is 1.73 bits per heavy atom. The van der Waals surface area contributed by atoms with Crippen molar-refractivity contribution in [2.24, 2.45) is 0 Å². The first-order valence-electron chi connectivity index (χ1n) is 8.04. The molecule has 3 rings (SSSR count). The van der Waals surface area contributed by atoms with Crippen molar-refractivity contribution in [3.05, 3.63) is 64.7 Å². The molecule has 0 radical (unpaired) electrons. The number of carbonyl (C=O) groups excluding carboxylic acids is 3. The molecule has 1 heterocycles. The third kappa shape index (κ3) is 3.09. The number of methoxy groups -OCH3 is 1. The van der Waals surface area contributed by atoms with E-state index in [1.165, 1.54) is 6.08 Å². The molecule has 4 amide bonds. The van der Waals surface area contributed by atoms with Crippen molar-refractivity contribution in [3.8, 4) is 5.75 Å². The van der Waals surface area contributed by atoms with E-state index in [1.54, 1.807) is 50.4 Å². The van der Waals surface area contributed by atoms with Crippen molar-refractivity contribution >= 4 is 29.6 Å². The molecular formula is C20H18N2O4. The molecule has 0 unspecified atom stereocenters. The first kappa shape index (κ1) is 17.4. The molecule has 1 aliphatic heterocycles. The average molecular weight is 350 g/mol. The van der Waals surface area contributed by atoms with E-state index in [9.17, 15) is 14.4 Å². The Hall–Kier alpha value is -3.41. The predicted molar refractivity (Wildman–Crippen MR) is 97.9 cm³/mol. The Kier molecular flexibility index (Phi) is 4.58. The maximum absolute atomic E-state index is 12.9. The van der Waals surface area contributed by atoms with Crippen LogP contribution in [-0.4, -0.2) is 25.0 Å². The van der Waals surface area contributed by atoms with Crippen LogP contribution < -0.4 is 15.0 Å². The highest BCUT2D eigenvalue weighted by atomic mass is 16.5. The van der Waals surface area contributed by atoms with Crippen molar-refractivity contribution < 1.29 is 19.1 Å². The normalized spacial score (nSPS) is 16.0. The molecule has 2 aromatic carbocycles. The van der Waals surface area contributed by atoms with Gasteiger partial charge in [-0.2, -0.15) is 0 Å². The minimum Gasteiger partial charge on any atom is -0.496 e. The number of benzene rings is 2. The number of hydrogen-bond acceptors (Lipinski definition) is 4. The van der Waals surface area contributed by atoms with Crippen LogP contribution in [0.4, 0.5) is 10.5 Å². The highest BCUT2D eigenvalue weighted by Crippen LogP contribution is 2.26. The summed E-state index contributed by atoms with van der Waals surface area (Å²) in [6.45, 7) is 3.66. The van der Waals surface area contributed by atoms with Gasteiger partial charge in [-0.3, -0.25) is 14.9 Å². The van der Waals surface area contributed by atoms with Crippen molar-refractivity contribution in [2.45, 2.75) is 13.8 Å². The Bertz CT molecular complexity index is 947. The molecule has 6 heteroatoms. The maximum Gasteiger partial charge on any atom is 0.335 e. The van der Waals surface area contributed by atoms with E-state index in [0.717, 1.165) is 16.0 Å². The van der Waals surface area contributed by atoms with Crippen LogP contribution in [0.5, 0.6) is 5.75 Å². The molecule has 0 bridgehead atoms. The molecule has 1 N–H and O–H groups in total. The highest BCUT2D eigenvalue weighted by Gasteiger charge is 2.37. The standard InChI is InChI=1S/C20H18N2O4/c1-12-6-4-5-7-16(12)22-19(24)15(18(23)21-20(22)25)11-14-8-9-17(26-3)13(2)10-14/h4-11H,1-3H3,(H,21,23,25)/b15-11+. The lowest BCUT2D eigenvalue weighted by atomic mass is 10.0. The van der Waals surface area contributed by atoms with Crippen LogP contribution in [0, 0.1) is 13.8 Å². The summed E-state index contributed by atoms with van der Waals surface area (Å²) in [5.41, 5.74) is 2.64. The summed E-state index contributed by atoms with van der Waals surface area (Å²) in [6.07, 6.45) is 1.47. The summed E-state index contributed by atoms with van der Waals surface area (Å²) in [5, 5.41) is 2.23. The molecule has 0 saturated carbocycles. The number of rotatable bonds is 3. The zero-order valence-corrected chi connectivity index (χ0v) is 14.7. The third-order valence-corrected chi connectivity index (χ3v) is 4.19. The highest BCUT2D eigenvalue weighted by molar-refractivity contribution is 6.39. The number of hydrogen-bond donors (Lipinski definition) is 1. The van der Waals surface area contributed by atoms with Crippen LogP contribution in [0.25, 0.3) is 6.08 Å². The molecule has 0 aromatic heterocycles. The zero-order valence-electron chi connectivity index (χ0n) is 14.7. The number of nitrogens with one attached hydrogen (secondary N) is 1. The molecule has 2 aromatic rings. The number of ether oxygens (including phenoxy) is 1. The Morgan fingerprint density at radius 1 is 1.00 bits per heavy atom. The van der Waals surface area contributed by atoms with Crippen LogP contribution in [0.2, 0.25) is 0 Å². The largest absolute Gasteiger partial charge is 0.496 e. The number of amides is 4. The molecule has 0 atom stereocenters. The SMILES string of the molecule is COc1ccc(/C=C2\C(=O)NC(=O)N(c3ccccc3C)C2=O)cc1C. The summed E-state index contributed by atoms with van der Waals surface area (Å²) >= 11 is 0. The maximum atomic E-state index is 12.9. The van der Waals surface area contributed by atoms with E-state index in [-0.39, 0.29) is 5.57 Å². The second-order valence-electron chi connectivity index (χ2n) is 5.97. The Morgan fingerprint density at radius 3 is 2.38 bits per heavy atom. The van der Waals surface area contributed by atoms with Gasteiger partial charge in [-0.1, -0.05) is 24.3 Å². The molecular weight excluding hydrogens is 332 g/mol. The monoisotopic (exact) mass is 350 g/mol. The fraction of sp³-hybridized carbons (Fsp3) is 0.150. The lowest BCUT2D eigenvalue weighted by Gasteiger charge is -2.27. The van der Waals surface area contributed by atoms with Gasteiger partial charge in [-0.15, -0.1) is 0 Å². The van der Waals surface area contributed by atoms with Crippen molar-refractivity contribution in [2.75, 3.05) is 12.0 Å². The number of para-hydroxylation sites is 1. The van der Waals surface area contributed by atoms with E-state index in [4.69, 9.17) is 4.74 Å². The van der Waals surface area contributed by atoms with Crippen molar-refractivity contribution in [1.82, 2.24) is 5.32 Å². The predicted octanol–water partition coefficient (Wildman–Crippen LogP) is 2.98. The van der Waals surface area contributed by atoms with Gasteiger partial charge in [-0.05, 0) is 54.8 Å². The van der Waals surface area contributed by atoms with Gasteiger partial charge in [0.25, 0.3) is 11.8 Å². The topological polar surface area (TPSA) is 75.7 Å². The van der Waals surface area contributed by atoms with Gasteiger partial charge in [0, 0.05) is 0 Å². The van der Waals surface area contributed by atoms with Gasteiger partial charge in [0.15, 0.2) is 0 Å². The van der Waals surface area contributed by atoms with Crippen LogP contribution in [0.3, 0.4) is 0 Å². The first-order valence-corrected chi connectivity index (χ1v) is 8.04. The number of imide groups is 2. The molecule has 1 saturated heterocycles. The number of anilines is 1. The van der Waals surface area contributed by atoms with Gasteiger partial charge >= 0.3 is 6.03 Å². The minimum absolute atomic E-state index is 0.0996. The van der Waals surface area contributed by atoms with Crippen LogP contribution in [-0.2, 0) is 9.59 Å². The average Bonchev–Trinajstić information content (AvgIpc) is 2.60. The number of nitrogens with zero attached hydrogens (tertiary/aromatic N) is 1. The van der Waals surface area contributed by atoms with E-state index in [2.05, 4.69) is 5.32 Å². The molecule has 6 nitrogen and oxygen atoms in total. The molecule has 0 spiro atoms. The Balaban J connectivity index is 2.03. The van der Waals surface area contributed by atoms with Gasteiger partial charge in [0.1, 0.15) is 11.3 Å². The number of urea groups is 1. The van der Waals surface area contributed by atoms with E-state index in [1.807, 2.05) is 13.0 Å². The molecule has 0 aliphatic carbocycles. The number of barbiturate groups is 1. The summed E-state index contributed by atoms with van der Waals surface area (Å²) < 4.78 is 5.21. The molecule has 26 heavy (non-hydrogen) atoms. The van der Waals surface area contributed by atoms with Gasteiger partial charge < -0.3 is 4.74 Å². The van der Waals surface area contributed by atoms with E-state index < -0.39 is 17.8 Å². The van der Waals surface area contributed by atoms with Gasteiger partial charge in [0.2, 0.25) is 0 Å². The summed E-state index contributed by atoms with van der Waals surface area (Å²) in [7, 11) is 1.57. The first-order chi connectivity index (χ1) is 12.4. The quantitative estimate of drug-likeness (QED) is 0.682. The van der Waals surface area contributed by atoms with Gasteiger partial charge in [-0.25, -0.2) is 9.69 Å². The molecule has 1 aliphatic rings. The molecule has 132 valence electrons. The smallest absolute Gasteiger partial charge is 0.335 e. The number of carbonyl (C=O) groups is 3. The summed E-state index contributed by atoms with van der Waals surface area (Å²) in [6, 6.07) is 11.6. The van der Waals surface area contributed by atoms with Crippen LogP contribution in [0.1, 0.15) is 16.7 Å². The fourth-order valence-electron chi connectivity index (χ4n) is 2.85. The lowest BCUT2D eigenvalue weighted by molar-refractivity contribution is -0.122. The van der Waals surface area contributed by atoms with Crippen LogP contribution >= 0.6 is 0 Å². The second kappa shape index (κ2) is 6.84. The zero-order chi connectivity index (χ0) is 18.8.